The monoisotopic (exact) mass is 202 g/mol. The van der Waals surface area contributed by atoms with Crippen molar-refractivity contribution in [2.24, 2.45) is 0 Å². The molecule has 0 atom stereocenters. The molecule has 2 heteroatoms. The molecule has 2 nitrogen and oxygen atoms in total. The molecule has 0 aliphatic carbocycles. The Balaban J connectivity index is 2.60. The van der Waals surface area contributed by atoms with Crippen molar-refractivity contribution in [3.8, 4) is 6.07 Å². The molecule has 0 N–H and O–H groups in total. The van der Waals surface area contributed by atoms with Crippen molar-refractivity contribution >= 4 is 0 Å². The molecular weight excluding hydrogens is 184 g/mol. The normalized spacial score (nSPS) is 10.3. The third kappa shape index (κ3) is 3.73. The predicted molar refractivity (Wildman–Crippen MR) is 62.4 cm³/mol. The van der Waals surface area contributed by atoms with Crippen LogP contribution in [0.1, 0.15) is 25.0 Å². The molecule has 0 aromatic heterocycles. The first kappa shape index (κ1) is 11.7. The summed E-state index contributed by atoms with van der Waals surface area (Å²) in [6, 6.07) is 10.5. The van der Waals surface area contributed by atoms with Crippen molar-refractivity contribution in [3.05, 3.63) is 35.4 Å². The summed E-state index contributed by atoms with van der Waals surface area (Å²) in [4.78, 5) is 2.37. The Morgan fingerprint density at radius 3 is 2.07 bits per heavy atom. The minimum atomic E-state index is 0.506. The minimum absolute atomic E-state index is 0.506. The molecule has 0 amide bonds. The lowest BCUT2D eigenvalue weighted by Gasteiger charge is -2.17. The molecule has 80 valence electrons. The van der Waals surface area contributed by atoms with Gasteiger partial charge in [0, 0.05) is 6.54 Å². The van der Waals surface area contributed by atoms with Crippen LogP contribution >= 0.6 is 0 Å². The predicted octanol–water partition coefficient (Wildman–Crippen LogP) is 2.59. The van der Waals surface area contributed by atoms with E-state index < -0.39 is 0 Å². The van der Waals surface area contributed by atoms with Gasteiger partial charge in [0.05, 0.1) is 12.5 Å². The molecule has 0 unspecified atom stereocenters. The summed E-state index contributed by atoms with van der Waals surface area (Å²) in [5.41, 5.74) is 2.42. The number of nitriles is 1. The van der Waals surface area contributed by atoms with Crippen LogP contribution in [0.5, 0.6) is 0 Å². The highest BCUT2D eigenvalue weighted by atomic mass is 15.1. The Bertz CT molecular complexity index is 317. The minimum Gasteiger partial charge on any atom is -0.300 e. The highest BCUT2D eigenvalue weighted by molar-refractivity contribution is 5.24. The molecule has 1 rings (SSSR count). The average Bonchev–Trinajstić information content (AvgIpc) is 2.28. The summed E-state index contributed by atoms with van der Waals surface area (Å²) in [5, 5.41) is 8.55. The van der Waals surface area contributed by atoms with Gasteiger partial charge in [-0.25, -0.2) is 0 Å². The van der Waals surface area contributed by atoms with Crippen LogP contribution in [0.4, 0.5) is 0 Å². The van der Waals surface area contributed by atoms with Gasteiger partial charge >= 0.3 is 0 Å². The van der Waals surface area contributed by atoms with Gasteiger partial charge in [-0.05, 0) is 24.2 Å². The van der Waals surface area contributed by atoms with E-state index in [0.29, 0.717) is 6.42 Å². The van der Waals surface area contributed by atoms with Gasteiger partial charge in [-0.2, -0.15) is 5.26 Å². The summed E-state index contributed by atoms with van der Waals surface area (Å²) < 4.78 is 0. The third-order valence-electron chi connectivity index (χ3n) is 2.61. The quantitative estimate of drug-likeness (QED) is 0.733. The zero-order valence-electron chi connectivity index (χ0n) is 9.53. The maximum atomic E-state index is 8.55. The summed E-state index contributed by atoms with van der Waals surface area (Å²) in [6.07, 6.45) is 0.506. The van der Waals surface area contributed by atoms with E-state index in [1.54, 1.807) is 0 Å². The number of rotatable bonds is 5. The van der Waals surface area contributed by atoms with Crippen molar-refractivity contribution < 1.29 is 0 Å². The maximum Gasteiger partial charge on any atom is 0.0669 e. The van der Waals surface area contributed by atoms with Gasteiger partial charge in [0.25, 0.3) is 0 Å². The van der Waals surface area contributed by atoms with Gasteiger partial charge in [0.2, 0.25) is 0 Å². The Morgan fingerprint density at radius 1 is 1.07 bits per heavy atom. The Morgan fingerprint density at radius 2 is 1.60 bits per heavy atom. The zero-order valence-corrected chi connectivity index (χ0v) is 9.53. The molecule has 1 aromatic rings. The molecule has 0 saturated heterocycles. The molecule has 0 aliphatic rings. The standard InChI is InChI=1S/C13H18N2/c1-3-15(4-2)11-13-7-5-12(6-8-13)9-10-14/h5-8H,3-4,9,11H2,1-2H3. The van der Waals surface area contributed by atoms with Crippen molar-refractivity contribution in [1.29, 1.82) is 5.26 Å². The molecule has 0 saturated carbocycles. The van der Waals surface area contributed by atoms with Gasteiger partial charge in [-0.1, -0.05) is 38.1 Å². The van der Waals surface area contributed by atoms with E-state index >= 15 is 0 Å². The fourth-order valence-corrected chi connectivity index (χ4v) is 1.56. The third-order valence-corrected chi connectivity index (χ3v) is 2.61. The molecule has 1 aromatic carbocycles. The second-order valence-corrected chi connectivity index (χ2v) is 3.61. The van der Waals surface area contributed by atoms with E-state index in [2.05, 4.69) is 36.9 Å². The van der Waals surface area contributed by atoms with Gasteiger partial charge in [-0.15, -0.1) is 0 Å². The fraction of sp³-hybridized carbons (Fsp3) is 0.462. The fourth-order valence-electron chi connectivity index (χ4n) is 1.56. The topological polar surface area (TPSA) is 27.0 Å². The van der Waals surface area contributed by atoms with Crippen LogP contribution in [0.3, 0.4) is 0 Å². The Labute approximate surface area is 92.1 Å². The van der Waals surface area contributed by atoms with Crippen LogP contribution in [-0.4, -0.2) is 18.0 Å². The lowest BCUT2D eigenvalue weighted by molar-refractivity contribution is 0.296. The molecular formula is C13H18N2. The molecule has 0 radical (unpaired) electrons. The first-order valence-corrected chi connectivity index (χ1v) is 5.47. The lowest BCUT2D eigenvalue weighted by atomic mass is 10.1. The SMILES string of the molecule is CCN(CC)Cc1ccc(CC#N)cc1. The molecule has 0 fully saturated rings. The van der Waals surface area contributed by atoms with E-state index in [-0.39, 0.29) is 0 Å². The summed E-state index contributed by atoms with van der Waals surface area (Å²) in [5.74, 6) is 0. The molecule has 15 heavy (non-hydrogen) atoms. The van der Waals surface area contributed by atoms with Crippen molar-refractivity contribution in [2.45, 2.75) is 26.8 Å². The summed E-state index contributed by atoms with van der Waals surface area (Å²) in [7, 11) is 0. The van der Waals surface area contributed by atoms with E-state index in [9.17, 15) is 0 Å². The van der Waals surface area contributed by atoms with Crippen LogP contribution in [0.2, 0.25) is 0 Å². The van der Waals surface area contributed by atoms with E-state index in [1.165, 1.54) is 5.56 Å². The summed E-state index contributed by atoms with van der Waals surface area (Å²) in [6.45, 7) is 7.51. The first-order valence-electron chi connectivity index (χ1n) is 5.47. The Kier molecular flexibility index (Phi) is 4.86. The van der Waals surface area contributed by atoms with Gasteiger partial charge in [0.1, 0.15) is 0 Å². The van der Waals surface area contributed by atoms with E-state index in [1.807, 2.05) is 12.1 Å². The van der Waals surface area contributed by atoms with Crippen LogP contribution in [0.15, 0.2) is 24.3 Å². The van der Waals surface area contributed by atoms with Crippen LogP contribution in [0.25, 0.3) is 0 Å². The lowest BCUT2D eigenvalue weighted by Crippen LogP contribution is -2.21. The summed E-state index contributed by atoms with van der Waals surface area (Å²) >= 11 is 0. The van der Waals surface area contributed by atoms with Crippen molar-refractivity contribution in [3.63, 3.8) is 0 Å². The zero-order chi connectivity index (χ0) is 11.1. The second kappa shape index (κ2) is 6.21. The number of benzene rings is 1. The van der Waals surface area contributed by atoms with Crippen LogP contribution in [-0.2, 0) is 13.0 Å². The smallest absolute Gasteiger partial charge is 0.0669 e. The maximum absolute atomic E-state index is 8.55. The molecule has 0 spiro atoms. The molecule has 0 bridgehead atoms. The van der Waals surface area contributed by atoms with Gasteiger partial charge < -0.3 is 0 Å². The van der Waals surface area contributed by atoms with Crippen molar-refractivity contribution in [1.82, 2.24) is 4.90 Å². The number of nitrogens with zero attached hydrogens (tertiary/aromatic N) is 2. The molecule has 0 aliphatic heterocycles. The van der Waals surface area contributed by atoms with Crippen molar-refractivity contribution in [2.75, 3.05) is 13.1 Å². The largest absolute Gasteiger partial charge is 0.300 e. The van der Waals surface area contributed by atoms with Crippen LogP contribution in [0, 0.1) is 11.3 Å². The first-order chi connectivity index (χ1) is 7.30. The van der Waals surface area contributed by atoms with Gasteiger partial charge in [-0.3, -0.25) is 4.90 Å². The van der Waals surface area contributed by atoms with E-state index in [4.69, 9.17) is 5.26 Å². The highest BCUT2D eigenvalue weighted by Crippen LogP contribution is 2.07. The van der Waals surface area contributed by atoms with E-state index in [0.717, 1.165) is 25.2 Å². The highest BCUT2D eigenvalue weighted by Gasteiger charge is 2.00. The number of hydrogen-bond acceptors (Lipinski definition) is 2. The molecule has 0 heterocycles. The number of hydrogen-bond donors (Lipinski definition) is 0. The van der Waals surface area contributed by atoms with Gasteiger partial charge in [0.15, 0.2) is 0 Å². The second-order valence-electron chi connectivity index (χ2n) is 3.61. The average molecular weight is 202 g/mol. The Hall–Kier alpha value is -1.33. The van der Waals surface area contributed by atoms with Crippen LogP contribution < -0.4 is 0 Å².